The molecule has 4 aromatic heterocycles. The van der Waals surface area contributed by atoms with Gasteiger partial charge in [0.25, 0.3) is 6.33 Å². The van der Waals surface area contributed by atoms with Crippen molar-refractivity contribution in [2.75, 3.05) is 0 Å². The van der Waals surface area contributed by atoms with Gasteiger partial charge in [-0.1, -0.05) is 272 Å². The molecule has 6 nitrogen and oxygen atoms in total. The summed E-state index contributed by atoms with van der Waals surface area (Å²) in [5.41, 5.74) is 14.6. The van der Waals surface area contributed by atoms with Gasteiger partial charge in [-0.3, -0.25) is 13.7 Å². The number of hydrogen-bond acceptors (Lipinski definition) is 3. The summed E-state index contributed by atoms with van der Waals surface area (Å²) in [6, 6.07) is 59.3. The summed E-state index contributed by atoms with van der Waals surface area (Å²) in [4.78, 5) is 4.95. The van der Waals surface area contributed by atoms with Crippen molar-refractivity contribution in [3.63, 3.8) is 0 Å². The second-order valence-corrected chi connectivity index (χ2v) is 30.9. The number of ether oxygens (including phenoxy) is 1. The summed E-state index contributed by atoms with van der Waals surface area (Å²) >= 11 is 0. The van der Waals surface area contributed by atoms with E-state index in [0.717, 1.165) is 82.9 Å². The number of furan rings is 1. The first-order valence-electron chi connectivity index (χ1n) is 40.5. The van der Waals surface area contributed by atoms with Gasteiger partial charge in [0.2, 0.25) is 0 Å². The second-order valence-electron chi connectivity index (χ2n) is 27.3. The molecule has 13 aromatic carbocycles. The maximum atomic E-state index is 10.1. The molecule has 0 saturated heterocycles. The van der Waals surface area contributed by atoms with Gasteiger partial charge >= 0.3 is 0 Å². The molecule has 0 unspecified atom stereocenters. The molecule has 1 aliphatic rings. The van der Waals surface area contributed by atoms with E-state index in [1.165, 1.54) is 0 Å². The minimum absolute atomic E-state index is 0.0399. The molecule has 0 saturated carbocycles. The summed E-state index contributed by atoms with van der Waals surface area (Å²) < 4.78 is 163. The average molecular weight is 1310 g/mol. The lowest BCUT2D eigenvalue weighted by atomic mass is 9.85. The van der Waals surface area contributed by atoms with Crippen LogP contribution < -0.4 is 30.1 Å². The zero-order valence-corrected chi connectivity index (χ0v) is 56.0. The fourth-order valence-electron chi connectivity index (χ4n) is 14.6. The first-order valence-corrected chi connectivity index (χ1v) is 35.0. The summed E-state index contributed by atoms with van der Waals surface area (Å²) in [5.74, 6) is 1.86. The molecule has 0 amide bonds. The maximum Gasteiger partial charge on any atom is 0.269 e. The Hall–Kier alpha value is -11.9. The van der Waals surface area contributed by atoms with Crippen molar-refractivity contribution in [1.82, 2.24) is 14.1 Å². The third kappa shape index (κ3) is 9.89. The Labute approximate surface area is 598 Å². The van der Waals surface area contributed by atoms with Crippen LogP contribution in [0.2, 0.25) is 0 Å². The lowest BCUT2D eigenvalue weighted by Gasteiger charge is -2.35. The highest BCUT2D eigenvalue weighted by Gasteiger charge is 2.42. The molecular weight excluding hydrogens is 1220 g/mol. The molecule has 0 fully saturated rings. The van der Waals surface area contributed by atoms with Crippen LogP contribution in [0.4, 0.5) is 0 Å². The largest absolute Gasteiger partial charge is 0.458 e. The van der Waals surface area contributed by atoms with Gasteiger partial charge in [0.05, 0.1) is 54.0 Å². The molecule has 0 aliphatic carbocycles. The van der Waals surface area contributed by atoms with Crippen molar-refractivity contribution >= 4 is 83.6 Å². The highest BCUT2D eigenvalue weighted by atomic mass is 28.3. The number of para-hydroxylation sites is 3. The predicted molar refractivity (Wildman–Crippen MR) is 411 cm³/mol. The number of pyridine rings is 1. The lowest BCUT2D eigenvalue weighted by molar-refractivity contribution is -0.570. The highest BCUT2D eigenvalue weighted by molar-refractivity contribution is 7.20. The number of aromatic nitrogens is 4. The molecule has 1 aliphatic heterocycles. The van der Waals surface area contributed by atoms with Gasteiger partial charge in [-0.25, -0.2) is 4.98 Å². The molecule has 0 N–H and O–H groups in total. The van der Waals surface area contributed by atoms with E-state index in [9.17, 15) is 16.4 Å². The average Bonchev–Trinajstić information content (AvgIpc) is 1.09. The molecule has 17 aromatic rings. The number of imidazole rings is 1. The first-order chi connectivity index (χ1) is 54.5. The van der Waals surface area contributed by atoms with Crippen molar-refractivity contribution in [2.45, 2.75) is 52.4 Å². The van der Waals surface area contributed by atoms with E-state index in [4.69, 9.17) is 18.3 Å². The quantitative estimate of drug-likeness (QED) is 0.0593. The van der Waals surface area contributed by atoms with Gasteiger partial charge in [0, 0.05) is 33.8 Å². The zero-order chi connectivity index (χ0) is 79.8. The fourth-order valence-corrected chi connectivity index (χ4v) is 18.5. The molecule has 99 heavy (non-hydrogen) atoms. The SMILES string of the molecule is [2H]c1c([2H])c([2H])c([Si](c2ccc3c(c2)-c2cccc(-c4ccc(C(C)(C)C)cc4)c2-[n+]2[c-]n(-c4cccc(Oc5ccc6c7ccccc7n(-c7cc(C(C)(C)C)ccn7)c6c5)c4)c4cc(-c5ccc6oc7ccccc7c6c5)cc(c42)-c2ccccc2-3)(c2c([2H])c([2H])c([2H])c([2H])c2[2H])c2c([2H])c([2H])c([2H])c([2H])c2[2H])c([2H])c1[2H]. The first kappa shape index (κ1) is 45.5. The topological polar surface area (TPSA) is 49.0 Å². The van der Waals surface area contributed by atoms with Crippen LogP contribution in [0.1, 0.15) is 73.2 Å². The van der Waals surface area contributed by atoms with Crippen LogP contribution in [-0.4, -0.2) is 22.2 Å². The Morgan fingerprint density at radius 1 is 0.414 bits per heavy atom. The molecule has 18 rings (SSSR count). The Kier molecular flexibility index (Phi) is 10.6. The Balaban J connectivity index is 0.959. The fraction of sp³-hybridized carbons (Fsp3) is 0.0870. The van der Waals surface area contributed by atoms with Crippen LogP contribution in [0.5, 0.6) is 11.5 Å². The van der Waals surface area contributed by atoms with Crippen LogP contribution in [-0.2, 0) is 10.8 Å². The Morgan fingerprint density at radius 3 is 1.75 bits per heavy atom. The number of benzene rings is 13. The molecule has 5 heterocycles. The number of nitrogens with zero attached hydrogens (tertiary/aromatic N) is 4. The van der Waals surface area contributed by atoms with Crippen molar-refractivity contribution in [2.24, 2.45) is 0 Å². The third-order valence-corrected chi connectivity index (χ3v) is 23.6. The number of hydrogen-bond donors (Lipinski definition) is 0. The van der Waals surface area contributed by atoms with Gasteiger partial charge in [0.1, 0.15) is 28.5 Å². The summed E-state index contributed by atoms with van der Waals surface area (Å²) in [6.07, 6.45) is 5.82. The van der Waals surface area contributed by atoms with Gasteiger partial charge in [-0.2, -0.15) is 0 Å². The van der Waals surface area contributed by atoms with Gasteiger partial charge in [-0.15, -0.1) is 0 Å². The van der Waals surface area contributed by atoms with Crippen LogP contribution in [0, 0.1) is 6.33 Å². The van der Waals surface area contributed by atoms with Crippen molar-refractivity contribution in [1.29, 1.82) is 0 Å². The highest BCUT2D eigenvalue weighted by Crippen LogP contribution is 2.48. The molecule has 0 spiro atoms. The molecular formula is C92H70N4O2Si. The summed E-state index contributed by atoms with van der Waals surface area (Å²) in [6.45, 7) is 13.0. The van der Waals surface area contributed by atoms with Crippen LogP contribution >= 0.6 is 0 Å². The smallest absolute Gasteiger partial charge is 0.269 e. The van der Waals surface area contributed by atoms with E-state index >= 15 is 0 Å². The van der Waals surface area contributed by atoms with Crippen LogP contribution in [0.15, 0.2) is 320 Å². The van der Waals surface area contributed by atoms with E-state index in [0.29, 0.717) is 67.3 Å². The predicted octanol–water partition coefficient (Wildman–Crippen LogP) is 20.5. The lowest BCUT2D eigenvalue weighted by Crippen LogP contribution is -2.74. The van der Waals surface area contributed by atoms with Crippen molar-refractivity contribution in [3.05, 3.63) is 333 Å². The van der Waals surface area contributed by atoms with Gasteiger partial charge < -0.3 is 9.15 Å². The van der Waals surface area contributed by atoms with Crippen molar-refractivity contribution in [3.8, 4) is 84.3 Å². The number of fused-ring (bicyclic) bond motifs is 13. The van der Waals surface area contributed by atoms with E-state index in [1.807, 2.05) is 132 Å². The van der Waals surface area contributed by atoms with E-state index < -0.39 is 114 Å². The molecule has 0 atom stereocenters. The van der Waals surface area contributed by atoms with Gasteiger partial charge in [-0.05, 0) is 171 Å². The zero-order valence-electron chi connectivity index (χ0n) is 70.0. The number of rotatable bonds is 10. The monoisotopic (exact) mass is 1310 g/mol. The molecule has 474 valence electrons. The minimum atomic E-state index is -5.69. The van der Waals surface area contributed by atoms with Crippen LogP contribution in [0.25, 0.3) is 128 Å². The van der Waals surface area contributed by atoms with Gasteiger partial charge in [0.15, 0.2) is 8.07 Å². The summed E-state index contributed by atoms with van der Waals surface area (Å²) in [5, 5.41) is 2.11. The summed E-state index contributed by atoms with van der Waals surface area (Å²) in [7, 11) is -5.69. The van der Waals surface area contributed by atoms with E-state index in [1.54, 1.807) is 18.2 Å². The normalized spacial score (nSPS) is 14.5. The standard InChI is InChI=1S/C92H70N4O2Si/c1-91(2,3)63-43-40-60(41-44-63)72-36-23-37-79-80-58-71(99(68-26-10-7-11-27-68,69-28-12-8-13-29-69)70-30-14-9-15-31-70)46-48-75(80)73-32-16-17-33-74(73)82-53-62(61-42-49-87-81(52-61)78-35-19-21-39-86(78)98-87)54-85-90(82)95(89(72)79)59-94(85)65-24-22-25-66(56-65)97-67-45-47-77-76-34-18-20-38-83(76)96(84(77)57-67)88-55-64(50-51-93-88)92(4,5)6/h7-58H,1-6H3/i7D,8D,9D,10D,11D,12D,13D,14D,15D,26D,27D,28D,29D,30D,31D. The Bertz CT molecular complexity index is 6760. The Morgan fingerprint density at radius 2 is 1.02 bits per heavy atom. The molecule has 0 radical (unpaired) electrons. The molecule has 7 heteroatoms. The third-order valence-electron chi connectivity index (χ3n) is 19.5. The van der Waals surface area contributed by atoms with E-state index in [-0.39, 0.29) is 16.0 Å². The van der Waals surface area contributed by atoms with Crippen LogP contribution in [0.3, 0.4) is 0 Å². The second kappa shape index (κ2) is 23.2. The minimum Gasteiger partial charge on any atom is -0.458 e. The van der Waals surface area contributed by atoms with E-state index in [2.05, 4.69) is 136 Å². The van der Waals surface area contributed by atoms with Crippen molar-refractivity contribution < 1.29 is 34.3 Å². The molecule has 0 bridgehead atoms. The maximum absolute atomic E-state index is 10.1.